The van der Waals surface area contributed by atoms with Gasteiger partial charge in [0, 0.05) is 11.4 Å². The molecule has 0 aromatic heterocycles. The Balaban J connectivity index is 1.96. The van der Waals surface area contributed by atoms with E-state index in [2.05, 4.69) is 12.1 Å². The highest BCUT2D eigenvalue weighted by atomic mass is 35.5. The number of rotatable bonds is 5. The number of hydrogen-bond donors (Lipinski definition) is 0. The van der Waals surface area contributed by atoms with Crippen LogP contribution in [0.2, 0.25) is 5.02 Å². The minimum Gasteiger partial charge on any atom is -0.497 e. The lowest BCUT2D eigenvalue weighted by molar-refractivity contribution is 0.415. The molecule has 3 rings (SSSR count). The van der Waals surface area contributed by atoms with Crippen molar-refractivity contribution in [1.82, 2.24) is 0 Å². The zero-order valence-electron chi connectivity index (χ0n) is 13.4. The van der Waals surface area contributed by atoms with E-state index >= 15 is 0 Å². The molecule has 3 aromatic carbocycles. The molecular weight excluding hydrogens is 318 g/mol. The van der Waals surface area contributed by atoms with Gasteiger partial charge in [0.15, 0.2) is 0 Å². The van der Waals surface area contributed by atoms with Crippen molar-refractivity contribution in [2.24, 2.45) is 4.99 Å². The van der Waals surface area contributed by atoms with E-state index in [4.69, 9.17) is 21.3 Å². The van der Waals surface area contributed by atoms with Gasteiger partial charge in [0.2, 0.25) is 0 Å². The van der Waals surface area contributed by atoms with Crippen LogP contribution in [-0.2, 0) is 6.42 Å². The number of halogens is 1. The number of ether oxygens (including phenoxy) is 1. The Kier molecular flexibility index (Phi) is 5.29. The van der Waals surface area contributed by atoms with Gasteiger partial charge in [0.25, 0.3) is 0 Å². The van der Waals surface area contributed by atoms with E-state index in [-0.39, 0.29) is 0 Å². The van der Waals surface area contributed by atoms with Crippen molar-refractivity contribution in [3.63, 3.8) is 0 Å². The van der Waals surface area contributed by atoms with Gasteiger partial charge in [-0.15, -0.1) is 0 Å². The van der Waals surface area contributed by atoms with Crippen molar-refractivity contribution in [1.29, 1.82) is 0 Å². The van der Waals surface area contributed by atoms with Crippen LogP contribution in [0.25, 0.3) is 0 Å². The summed E-state index contributed by atoms with van der Waals surface area (Å²) < 4.78 is 5.20. The molecule has 0 spiro atoms. The van der Waals surface area contributed by atoms with E-state index in [0.29, 0.717) is 0 Å². The molecule has 0 aliphatic heterocycles. The minimum atomic E-state index is 0.724. The lowest BCUT2D eigenvalue weighted by Crippen LogP contribution is -2.05. The van der Waals surface area contributed by atoms with Gasteiger partial charge in [0.05, 0.1) is 18.5 Å². The van der Waals surface area contributed by atoms with Crippen LogP contribution in [0.1, 0.15) is 11.1 Å². The fourth-order valence-corrected chi connectivity index (χ4v) is 2.58. The van der Waals surface area contributed by atoms with Crippen molar-refractivity contribution in [3.05, 3.63) is 95.0 Å². The summed E-state index contributed by atoms with van der Waals surface area (Å²) >= 11 is 6.02. The fourth-order valence-electron chi connectivity index (χ4n) is 2.45. The molecular formula is C21H18ClNO. The van der Waals surface area contributed by atoms with E-state index in [1.54, 1.807) is 7.11 Å². The molecule has 0 saturated carbocycles. The van der Waals surface area contributed by atoms with Crippen molar-refractivity contribution < 1.29 is 4.74 Å². The molecule has 0 fully saturated rings. The van der Waals surface area contributed by atoms with Crippen LogP contribution in [0.5, 0.6) is 5.75 Å². The molecule has 2 nitrogen and oxygen atoms in total. The maximum Gasteiger partial charge on any atom is 0.119 e. The molecule has 0 bridgehead atoms. The second-order valence-electron chi connectivity index (χ2n) is 5.43. The number of nitrogens with zero attached hydrogens (tertiary/aromatic N) is 1. The van der Waals surface area contributed by atoms with Gasteiger partial charge < -0.3 is 4.74 Å². The van der Waals surface area contributed by atoms with Crippen LogP contribution in [0.15, 0.2) is 83.9 Å². The molecule has 0 atom stereocenters. The van der Waals surface area contributed by atoms with Crippen LogP contribution >= 0.6 is 11.6 Å². The minimum absolute atomic E-state index is 0.724. The van der Waals surface area contributed by atoms with Gasteiger partial charge >= 0.3 is 0 Å². The summed E-state index contributed by atoms with van der Waals surface area (Å²) in [4.78, 5) is 4.85. The average Bonchev–Trinajstić information content (AvgIpc) is 2.63. The highest BCUT2D eigenvalue weighted by Crippen LogP contribution is 2.21. The monoisotopic (exact) mass is 335 g/mol. The van der Waals surface area contributed by atoms with Gasteiger partial charge in [0.1, 0.15) is 5.75 Å². The summed E-state index contributed by atoms with van der Waals surface area (Å²) in [5.41, 5.74) is 4.19. The zero-order valence-corrected chi connectivity index (χ0v) is 14.2. The molecule has 3 aromatic rings. The molecule has 0 radical (unpaired) electrons. The third-order valence-corrected chi connectivity index (χ3v) is 3.98. The third kappa shape index (κ3) is 4.24. The topological polar surface area (TPSA) is 21.6 Å². The quantitative estimate of drug-likeness (QED) is 0.547. The Bertz CT molecular complexity index is 809. The second kappa shape index (κ2) is 7.80. The Morgan fingerprint density at radius 1 is 0.875 bits per heavy atom. The molecule has 0 aliphatic rings. The van der Waals surface area contributed by atoms with Crippen LogP contribution in [0, 0.1) is 0 Å². The Hall–Kier alpha value is -2.58. The summed E-state index contributed by atoms with van der Waals surface area (Å²) in [5.74, 6) is 0.824. The fraction of sp³-hybridized carbons (Fsp3) is 0.0952. The van der Waals surface area contributed by atoms with Gasteiger partial charge in [-0.25, -0.2) is 0 Å². The van der Waals surface area contributed by atoms with E-state index < -0.39 is 0 Å². The van der Waals surface area contributed by atoms with E-state index in [1.165, 1.54) is 5.56 Å². The SMILES string of the molecule is COc1ccc(N=C(Cc2ccccc2)c2ccc(Cl)cc2)cc1. The van der Waals surface area contributed by atoms with Gasteiger partial charge in [-0.3, -0.25) is 4.99 Å². The maximum atomic E-state index is 6.02. The Labute approximate surface area is 147 Å². The molecule has 24 heavy (non-hydrogen) atoms. The predicted octanol–water partition coefficient (Wildman–Crippen LogP) is 5.71. The summed E-state index contributed by atoms with van der Waals surface area (Å²) in [5, 5.41) is 0.724. The number of aliphatic imine (C=N–C) groups is 1. The molecule has 0 amide bonds. The van der Waals surface area contributed by atoms with Gasteiger partial charge in [-0.05, 0) is 47.5 Å². The van der Waals surface area contributed by atoms with Gasteiger partial charge in [-0.1, -0.05) is 54.1 Å². The van der Waals surface area contributed by atoms with E-state index in [9.17, 15) is 0 Å². The molecule has 0 saturated heterocycles. The predicted molar refractivity (Wildman–Crippen MR) is 101 cm³/mol. The number of hydrogen-bond acceptors (Lipinski definition) is 2. The summed E-state index contributed by atoms with van der Waals surface area (Å²) in [6.07, 6.45) is 0.758. The molecule has 0 N–H and O–H groups in total. The number of methoxy groups -OCH3 is 1. The Morgan fingerprint density at radius 3 is 2.17 bits per heavy atom. The molecule has 0 aliphatic carbocycles. The van der Waals surface area contributed by atoms with Crippen molar-refractivity contribution in [2.45, 2.75) is 6.42 Å². The first-order chi connectivity index (χ1) is 11.7. The second-order valence-corrected chi connectivity index (χ2v) is 5.86. The highest BCUT2D eigenvalue weighted by molar-refractivity contribution is 6.30. The molecule has 0 unspecified atom stereocenters. The Morgan fingerprint density at radius 2 is 1.54 bits per heavy atom. The first-order valence-electron chi connectivity index (χ1n) is 7.76. The third-order valence-electron chi connectivity index (χ3n) is 3.73. The summed E-state index contributed by atoms with van der Waals surface area (Å²) in [7, 11) is 1.66. The largest absolute Gasteiger partial charge is 0.497 e. The van der Waals surface area contributed by atoms with Crippen LogP contribution in [-0.4, -0.2) is 12.8 Å². The lowest BCUT2D eigenvalue weighted by atomic mass is 10.0. The lowest BCUT2D eigenvalue weighted by Gasteiger charge is -2.08. The van der Waals surface area contributed by atoms with Crippen LogP contribution in [0.4, 0.5) is 5.69 Å². The molecule has 3 heteroatoms. The average molecular weight is 336 g/mol. The smallest absolute Gasteiger partial charge is 0.119 e. The van der Waals surface area contributed by atoms with Crippen molar-refractivity contribution >= 4 is 23.0 Å². The summed E-state index contributed by atoms with van der Waals surface area (Å²) in [6, 6.07) is 25.9. The van der Waals surface area contributed by atoms with Gasteiger partial charge in [-0.2, -0.15) is 0 Å². The first-order valence-corrected chi connectivity index (χ1v) is 8.14. The maximum absolute atomic E-state index is 6.02. The highest BCUT2D eigenvalue weighted by Gasteiger charge is 2.06. The van der Waals surface area contributed by atoms with Crippen LogP contribution < -0.4 is 4.74 Å². The first kappa shape index (κ1) is 16.3. The molecule has 0 heterocycles. The number of benzene rings is 3. The van der Waals surface area contributed by atoms with Crippen molar-refractivity contribution in [3.8, 4) is 5.75 Å². The van der Waals surface area contributed by atoms with Crippen LogP contribution in [0.3, 0.4) is 0 Å². The normalized spacial score (nSPS) is 11.3. The molecule has 120 valence electrons. The van der Waals surface area contributed by atoms with E-state index in [1.807, 2.05) is 66.7 Å². The summed E-state index contributed by atoms with van der Waals surface area (Å²) in [6.45, 7) is 0. The zero-order chi connectivity index (χ0) is 16.8. The standard InChI is InChI=1S/C21H18ClNO/c1-24-20-13-11-19(12-14-20)23-21(15-16-5-3-2-4-6-16)17-7-9-18(22)10-8-17/h2-14H,15H2,1H3. The van der Waals surface area contributed by atoms with Crippen molar-refractivity contribution in [2.75, 3.05) is 7.11 Å². The van der Waals surface area contributed by atoms with E-state index in [0.717, 1.165) is 34.2 Å².